The number of carboxylic acids is 1. The molecule has 0 bridgehead atoms. The molecular formula is C18H21NO8S. The highest BCUT2D eigenvalue weighted by Crippen LogP contribution is 2.32. The van der Waals surface area contributed by atoms with Crippen molar-refractivity contribution >= 4 is 26.6 Å². The van der Waals surface area contributed by atoms with E-state index in [9.17, 15) is 28.4 Å². The Hall–Kier alpha value is -2.88. The van der Waals surface area contributed by atoms with Gasteiger partial charge in [-0.3, -0.25) is 4.79 Å². The predicted molar refractivity (Wildman–Crippen MR) is 102 cm³/mol. The first kappa shape index (κ1) is 21.4. The number of hydrogen-bond donors (Lipinski definition) is 1. The van der Waals surface area contributed by atoms with Gasteiger partial charge in [-0.05, 0) is 41.8 Å². The number of methoxy groups -OCH3 is 1. The van der Waals surface area contributed by atoms with E-state index in [0.717, 1.165) is 10.8 Å². The first-order chi connectivity index (χ1) is 13.1. The number of sulfone groups is 1. The molecule has 0 saturated carbocycles. The molecule has 152 valence electrons. The number of carbonyl (C=O) groups is 1. The number of benzene rings is 2. The fraction of sp³-hybridized carbons (Fsp3) is 0.389. The normalized spacial score (nSPS) is 13.6. The maximum atomic E-state index is 12.1. The molecule has 0 amide bonds. The largest absolute Gasteiger partial charge is 0.497 e. The van der Waals surface area contributed by atoms with Crippen LogP contribution in [-0.4, -0.2) is 49.8 Å². The van der Waals surface area contributed by atoms with Gasteiger partial charge < -0.3 is 14.7 Å². The van der Waals surface area contributed by atoms with Crippen molar-refractivity contribution in [3.63, 3.8) is 0 Å². The minimum Gasteiger partial charge on any atom is -0.497 e. The van der Waals surface area contributed by atoms with Crippen LogP contribution in [0, 0.1) is 10.1 Å². The van der Waals surface area contributed by atoms with Gasteiger partial charge >= 0.3 is 5.97 Å². The minimum atomic E-state index is -3.71. The van der Waals surface area contributed by atoms with Crippen molar-refractivity contribution in [2.75, 3.05) is 25.2 Å². The van der Waals surface area contributed by atoms with Crippen LogP contribution in [0.2, 0.25) is 0 Å². The average molecular weight is 411 g/mol. The van der Waals surface area contributed by atoms with Gasteiger partial charge in [-0.2, -0.15) is 0 Å². The van der Waals surface area contributed by atoms with Gasteiger partial charge in [0.05, 0.1) is 24.0 Å². The number of rotatable bonds is 10. The molecule has 0 aliphatic carbocycles. The van der Waals surface area contributed by atoms with E-state index in [1.165, 1.54) is 6.92 Å². The van der Waals surface area contributed by atoms with Crippen molar-refractivity contribution in [3.05, 3.63) is 52.1 Å². The fourth-order valence-electron chi connectivity index (χ4n) is 2.77. The Morgan fingerprint density at radius 2 is 1.82 bits per heavy atom. The highest BCUT2D eigenvalue weighted by atomic mass is 32.2. The summed E-state index contributed by atoms with van der Waals surface area (Å²) in [5, 5.41) is 20.5. The molecule has 0 unspecified atom stereocenters. The molecular weight excluding hydrogens is 390 g/mol. The second kappa shape index (κ2) is 8.42. The Labute approximate surface area is 161 Å². The van der Waals surface area contributed by atoms with Gasteiger partial charge in [0.15, 0.2) is 9.84 Å². The third kappa shape index (κ3) is 5.10. The Bertz CT molecular complexity index is 988. The lowest BCUT2D eigenvalue weighted by Gasteiger charge is -2.25. The van der Waals surface area contributed by atoms with Crippen molar-refractivity contribution in [3.8, 4) is 5.75 Å². The van der Waals surface area contributed by atoms with Crippen LogP contribution in [0.3, 0.4) is 0 Å². The Morgan fingerprint density at radius 1 is 1.18 bits per heavy atom. The van der Waals surface area contributed by atoms with Gasteiger partial charge in [0.2, 0.25) is 0 Å². The Kier molecular flexibility index (Phi) is 6.45. The van der Waals surface area contributed by atoms with E-state index in [4.69, 9.17) is 4.74 Å². The van der Waals surface area contributed by atoms with Crippen LogP contribution in [0.1, 0.15) is 18.9 Å². The number of nitrogens with zero attached hydrogens (tertiary/aromatic N) is 1. The molecule has 0 radical (unpaired) electrons. The van der Waals surface area contributed by atoms with Gasteiger partial charge in [0, 0.05) is 0 Å². The number of aliphatic carboxylic acids is 1. The molecule has 1 atom stereocenters. The number of hydrogen-bond acceptors (Lipinski definition) is 7. The summed E-state index contributed by atoms with van der Waals surface area (Å²) in [6, 6.07) is 10.5. The Balaban J connectivity index is 2.24. The summed E-state index contributed by atoms with van der Waals surface area (Å²) < 4.78 is 29.3. The summed E-state index contributed by atoms with van der Waals surface area (Å²) in [7, 11) is -2.16. The zero-order valence-electron chi connectivity index (χ0n) is 15.5. The van der Waals surface area contributed by atoms with Gasteiger partial charge in [-0.15, -0.1) is 10.1 Å². The molecule has 9 nitrogen and oxygen atoms in total. The van der Waals surface area contributed by atoms with Crippen LogP contribution in [-0.2, 0) is 24.9 Å². The number of fused-ring (bicyclic) bond motifs is 1. The molecule has 10 heteroatoms. The zero-order chi connectivity index (χ0) is 20.9. The highest BCUT2D eigenvalue weighted by molar-refractivity contribution is 7.91. The third-order valence-corrected chi connectivity index (χ3v) is 6.28. The van der Waals surface area contributed by atoms with Crippen molar-refractivity contribution in [2.24, 2.45) is 0 Å². The van der Waals surface area contributed by atoms with Gasteiger partial charge in [-0.1, -0.05) is 24.3 Å². The van der Waals surface area contributed by atoms with E-state index in [2.05, 4.69) is 4.84 Å². The molecule has 28 heavy (non-hydrogen) atoms. The van der Waals surface area contributed by atoms with Gasteiger partial charge in [-0.25, -0.2) is 8.42 Å². The lowest BCUT2D eigenvalue weighted by Crippen LogP contribution is -2.35. The first-order valence-electron chi connectivity index (χ1n) is 8.37. The van der Waals surface area contributed by atoms with E-state index >= 15 is 0 Å². The minimum absolute atomic E-state index is 0.176. The number of carboxylic acid groups (broad SMARTS) is 1. The van der Waals surface area contributed by atoms with Crippen LogP contribution in [0.4, 0.5) is 0 Å². The molecule has 0 fully saturated rings. The summed E-state index contributed by atoms with van der Waals surface area (Å²) in [6.45, 7) is 0.875. The molecule has 2 aromatic rings. The number of ether oxygens (including phenoxy) is 1. The maximum Gasteiger partial charge on any atom is 0.313 e. The second-order valence-corrected chi connectivity index (χ2v) is 8.83. The summed E-state index contributed by atoms with van der Waals surface area (Å²) in [4.78, 5) is 26.1. The molecule has 0 saturated heterocycles. The smallest absolute Gasteiger partial charge is 0.313 e. The van der Waals surface area contributed by atoms with Gasteiger partial charge in [0.25, 0.3) is 5.09 Å². The third-order valence-electron chi connectivity index (χ3n) is 4.66. The monoisotopic (exact) mass is 411 g/mol. The van der Waals surface area contributed by atoms with Crippen molar-refractivity contribution in [1.29, 1.82) is 0 Å². The maximum absolute atomic E-state index is 12.1. The van der Waals surface area contributed by atoms with E-state index < -0.39 is 44.4 Å². The molecule has 0 heterocycles. The highest BCUT2D eigenvalue weighted by Gasteiger charge is 2.36. The van der Waals surface area contributed by atoms with Crippen molar-refractivity contribution in [2.45, 2.75) is 18.8 Å². The van der Waals surface area contributed by atoms with E-state index in [0.29, 0.717) is 11.3 Å². The second-order valence-electron chi connectivity index (χ2n) is 6.52. The van der Waals surface area contributed by atoms with Gasteiger partial charge in [0.1, 0.15) is 12.4 Å². The van der Waals surface area contributed by atoms with Crippen LogP contribution in [0.5, 0.6) is 5.75 Å². The average Bonchev–Trinajstić information content (AvgIpc) is 2.64. The predicted octanol–water partition coefficient (Wildman–Crippen LogP) is 2.20. The van der Waals surface area contributed by atoms with Crippen LogP contribution < -0.4 is 4.74 Å². The summed E-state index contributed by atoms with van der Waals surface area (Å²) in [5.41, 5.74) is -0.972. The van der Waals surface area contributed by atoms with Crippen LogP contribution in [0.25, 0.3) is 10.8 Å². The lowest BCUT2D eigenvalue weighted by atomic mass is 9.79. The first-order valence-corrected chi connectivity index (χ1v) is 10.2. The molecule has 2 rings (SSSR count). The van der Waals surface area contributed by atoms with Crippen LogP contribution >= 0.6 is 0 Å². The molecule has 2 aromatic carbocycles. The quantitative estimate of drug-likeness (QED) is 0.465. The van der Waals surface area contributed by atoms with E-state index in [1.54, 1.807) is 37.4 Å². The lowest BCUT2D eigenvalue weighted by molar-refractivity contribution is -0.756. The van der Waals surface area contributed by atoms with Crippen molar-refractivity contribution in [1.82, 2.24) is 0 Å². The molecule has 0 spiro atoms. The SMILES string of the molecule is COc1ccc2cc([C@](C)(CCS(=O)(=O)CCO[N+](=O)[O-])C(=O)O)ccc2c1. The Morgan fingerprint density at radius 3 is 2.43 bits per heavy atom. The molecule has 0 aliphatic heterocycles. The van der Waals surface area contributed by atoms with Crippen LogP contribution in [0.15, 0.2) is 36.4 Å². The molecule has 0 aliphatic rings. The molecule has 0 aromatic heterocycles. The zero-order valence-corrected chi connectivity index (χ0v) is 16.3. The van der Waals surface area contributed by atoms with E-state index in [1.807, 2.05) is 6.07 Å². The molecule has 1 N–H and O–H groups in total. The summed E-state index contributed by atoms with van der Waals surface area (Å²) in [6.07, 6.45) is -0.176. The van der Waals surface area contributed by atoms with E-state index in [-0.39, 0.29) is 6.42 Å². The summed E-state index contributed by atoms with van der Waals surface area (Å²) in [5.74, 6) is -1.47. The van der Waals surface area contributed by atoms with Crippen molar-refractivity contribution < 1.29 is 33.0 Å². The summed E-state index contributed by atoms with van der Waals surface area (Å²) >= 11 is 0. The topological polar surface area (TPSA) is 133 Å². The fourth-order valence-corrected chi connectivity index (χ4v) is 4.02. The standard InChI is InChI=1S/C18H21NO8S/c1-18(17(20)21,7-9-28(24,25)10-8-27-19(22)23)15-5-3-14-12-16(26-2)6-4-13(14)11-15/h3-6,11-12H,7-10H2,1-2H3,(H,20,21)/t18-/m0/s1.